The average Bonchev–Trinajstić information content (AvgIpc) is 2.41. The van der Waals surface area contributed by atoms with E-state index in [1.807, 2.05) is 14.0 Å². The number of urea groups is 1. The highest BCUT2D eigenvalue weighted by atomic mass is 16.4. The number of hydrogen-bond donors (Lipinski definition) is 3. The third kappa shape index (κ3) is 9.61. The van der Waals surface area contributed by atoms with Gasteiger partial charge in [0.1, 0.15) is 0 Å². The molecule has 118 valence electrons. The largest absolute Gasteiger partial charge is 0.481 e. The van der Waals surface area contributed by atoms with Gasteiger partial charge in [-0.25, -0.2) is 4.79 Å². The summed E-state index contributed by atoms with van der Waals surface area (Å²) in [4.78, 5) is 24.2. The molecule has 0 aromatic rings. The first-order valence-corrected chi connectivity index (χ1v) is 7.30. The molecule has 2 atom stereocenters. The van der Waals surface area contributed by atoms with Crippen molar-refractivity contribution in [3.8, 4) is 0 Å². The molecule has 0 rings (SSSR count). The lowest BCUT2D eigenvalue weighted by atomic mass is 10.1. The summed E-state index contributed by atoms with van der Waals surface area (Å²) in [5.41, 5.74) is 0. The zero-order valence-corrected chi connectivity index (χ0v) is 13.1. The molecular weight excluding hydrogens is 258 g/mol. The molecule has 0 bridgehead atoms. The van der Waals surface area contributed by atoms with Gasteiger partial charge in [0.05, 0.1) is 0 Å². The minimum atomic E-state index is -0.797. The normalized spacial score (nSPS) is 13.8. The zero-order chi connectivity index (χ0) is 15.5. The number of rotatable bonds is 10. The minimum Gasteiger partial charge on any atom is -0.481 e. The van der Waals surface area contributed by atoms with Crippen molar-refractivity contribution >= 4 is 12.0 Å². The lowest BCUT2D eigenvalue weighted by Crippen LogP contribution is -2.42. The van der Waals surface area contributed by atoms with E-state index in [0.29, 0.717) is 25.6 Å². The van der Waals surface area contributed by atoms with Gasteiger partial charge in [-0.1, -0.05) is 13.8 Å². The summed E-state index contributed by atoms with van der Waals surface area (Å²) in [7, 11) is 2.04. The van der Waals surface area contributed by atoms with Gasteiger partial charge in [0, 0.05) is 32.1 Å². The predicted octanol–water partition coefficient (Wildman–Crippen LogP) is 1.52. The Morgan fingerprint density at radius 3 is 2.45 bits per heavy atom. The molecule has 2 unspecified atom stereocenters. The number of carbonyl (C=O) groups is 2. The molecule has 0 saturated heterocycles. The highest BCUT2D eigenvalue weighted by molar-refractivity contribution is 5.73. The van der Waals surface area contributed by atoms with Gasteiger partial charge in [-0.05, 0) is 32.7 Å². The summed E-state index contributed by atoms with van der Waals surface area (Å²) in [5, 5.41) is 14.1. The molecule has 0 aromatic heterocycles. The summed E-state index contributed by atoms with van der Waals surface area (Å²) >= 11 is 0. The molecule has 0 radical (unpaired) electrons. The van der Waals surface area contributed by atoms with Crippen LogP contribution in [0.5, 0.6) is 0 Å². The van der Waals surface area contributed by atoms with Crippen LogP contribution in [0.1, 0.15) is 40.0 Å². The van der Waals surface area contributed by atoms with E-state index in [1.54, 1.807) is 0 Å². The monoisotopic (exact) mass is 287 g/mol. The van der Waals surface area contributed by atoms with Crippen LogP contribution >= 0.6 is 0 Å². The van der Waals surface area contributed by atoms with E-state index in [0.717, 1.165) is 13.0 Å². The van der Waals surface area contributed by atoms with E-state index >= 15 is 0 Å². The van der Waals surface area contributed by atoms with Gasteiger partial charge in [-0.3, -0.25) is 4.79 Å². The fraction of sp³-hybridized carbons (Fsp3) is 0.857. The van der Waals surface area contributed by atoms with Gasteiger partial charge in [0.25, 0.3) is 0 Å². The summed E-state index contributed by atoms with van der Waals surface area (Å²) in [6.07, 6.45) is 1.81. The van der Waals surface area contributed by atoms with Crippen LogP contribution in [-0.4, -0.2) is 54.7 Å². The van der Waals surface area contributed by atoms with Gasteiger partial charge in [-0.15, -0.1) is 0 Å². The second kappa shape index (κ2) is 10.5. The number of hydrogen-bond acceptors (Lipinski definition) is 3. The fourth-order valence-electron chi connectivity index (χ4n) is 1.68. The maximum absolute atomic E-state index is 11.5. The average molecular weight is 287 g/mol. The standard InChI is InChI=1S/C14H29N3O3/c1-5-12(3)17(4)9-8-15-14(20)16-10-11(2)6-7-13(18)19/h11-12H,5-10H2,1-4H3,(H,18,19)(H2,15,16,20). The molecule has 6 heteroatoms. The van der Waals surface area contributed by atoms with Crippen molar-refractivity contribution in [2.24, 2.45) is 5.92 Å². The molecule has 3 N–H and O–H groups in total. The van der Waals surface area contributed by atoms with E-state index < -0.39 is 5.97 Å². The van der Waals surface area contributed by atoms with Crippen LogP contribution in [0.2, 0.25) is 0 Å². The van der Waals surface area contributed by atoms with Crippen molar-refractivity contribution in [3.63, 3.8) is 0 Å². The van der Waals surface area contributed by atoms with Crippen LogP contribution in [0, 0.1) is 5.92 Å². The van der Waals surface area contributed by atoms with Gasteiger partial charge in [-0.2, -0.15) is 0 Å². The second-order valence-electron chi connectivity index (χ2n) is 5.41. The van der Waals surface area contributed by atoms with Crippen molar-refractivity contribution < 1.29 is 14.7 Å². The second-order valence-corrected chi connectivity index (χ2v) is 5.41. The summed E-state index contributed by atoms with van der Waals surface area (Å²) in [5.74, 6) is -0.631. The third-order valence-corrected chi connectivity index (χ3v) is 3.56. The van der Waals surface area contributed by atoms with E-state index in [4.69, 9.17) is 5.11 Å². The Bertz CT molecular complexity index is 297. The lowest BCUT2D eigenvalue weighted by Gasteiger charge is -2.23. The molecule has 6 nitrogen and oxygen atoms in total. The number of likely N-dealkylation sites (N-methyl/N-ethyl adjacent to an activating group) is 1. The van der Waals surface area contributed by atoms with Crippen molar-refractivity contribution in [1.82, 2.24) is 15.5 Å². The Balaban J connectivity index is 3.66. The topological polar surface area (TPSA) is 81.7 Å². The maximum Gasteiger partial charge on any atom is 0.314 e. The first kappa shape index (κ1) is 18.7. The number of carboxylic acids is 1. The van der Waals surface area contributed by atoms with Crippen LogP contribution in [0.15, 0.2) is 0 Å². The Morgan fingerprint density at radius 1 is 1.25 bits per heavy atom. The zero-order valence-electron chi connectivity index (χ0n) is 13.1. The predicted molar refractivity (Wildman–Crippen MR) is 79.8 cm³/mol. The molecule has 0 spiro atoms. The van der Waals surface area contributed by atoms with E-state index in [-0.39, 0.29) is 18.4 Å². The number of carboxylic acid groups (broad SMARTS) is 1. The van der Waals surface area contributed by atoms with Crippen molar-refractivity contribution in [2.75, 3.05) is 26.7 Å². The molecule has 0 fully saturated rings. The van der Waals surface area contributed by atoms with Gasteiger partial charge < -0.3 is 20.6 Å². The maximum atomic E-state index is 11.5. The Kier molecular flexibility index (Phi) is 9.80. The number of nitrogens with one attached hydrogen (secondary N) is 2. The van der Waals surface area contributed by atoms with Gasteiger partial charge >= 0.3 is 12.0 Å². The minimum absolute atomic E-state index is 0.143. The van der Waals surface area contributed by atoms with E-state index in [9.17, 15) is 9.59 Å². The number of amides is 2. The molecule has 20 heavy (non-hydrogen) atoms. The van der Waals surface area contributed by atoms with Crippen LogP contribution in [-0.2, 0) is 4.79 Å². The molecule has 0 saturated carbocycles. The quantitative estimate of drug-likeness (QED) is 0.569. The molecule has 0 aliphatic rings. The van der Waals surface area contributed by atoms with Crippen molar-refractivity contribution in [2.45, 2.75) is 46.1 Å². The van der Waals surface area contributed by atoms with Gasteiger partial charge in [0.2, 0.25) is 0 Å². The van der Waals surface area contributed by atoms with E-state index in [1.165, 1.54) is 0 Å². The number of nitrogens with zero attached hydrogens (tertiary/aromatic N) is 1. The first-order valence-electron chi connectivity index (χ1n) is 7.30. The number of aliphatic carboxylic acids is 1. The van der Waals surface area contributed by atoms with Crippen LogP contribution in [0.25, 0.3) is 0 Å². The van der Waals surface area contributed by atoms with Crippen molar-refractivity contribution in [3.05, 3.63) is 0 Å². The van der Waals surface area contributed by atoms with Gasteiger partial charge in [0.15, 0.2) is 0 Å². The van der Waals surface area contributed by atoms with Crippen LogP contribution < -0.4 is 10.6 Å². The highest BCUT2D eigenvalue weighted by Crippen LogP contribution is 2.03. The lowest BCUT2D eigenvalue weighted by molar-refractivity contribution is -0.137. The Hall–Kier alpha value is -1.30. The summed E-state index contributed by atoms with van der Waals surface area (Å²) in [6.45, 7) is 8.15. The fourth-order valence-corrected chi connectivity index (χ4v) is 1.68. The third-order valence-electron chi connectivity index (χ3n) is 3.56. The van der Waals surface area contributed by atoms with Crippen LogP contribution in [0.3, 0.4) is 0 Å². The molecule has 2 amide bonds. The molecule has 0 aliphatic heterocycles. The summed E-state index contributed by atoms with van der Waals surface area (Å²) < 4.78 is 0. The van der Waals surface area contributed by atoms with E-state index in [2.05, 4.69) is 29.4 Å². The molecule has 0 aromatic carbocycles. The Morgan fingerprint density at radius 2 is 1.90 bits per heavy atom. The molecular formula is C14H29N3O3. The molecule has 0 aliphatic carbocycles. The first-order chi connectivity index (χ1) is 9.36. The Labute approximate surface area is 121 Å². The van der Waals surface area contributed by atoms with Crippen molar-refractivity contribution in [1.29, 1.82) is 0 Å². The number of carbonyl (C=O) groups excluding carboxylic acids is 1. The molecule has 0 heterocycles. The smallest absolute Gasteiger partial charge is 0.314 e. The highest BCUT2D eigenvalue weighted by Gasteiger charge is 2.09. The summed E-state index contributed by atoms with van der Waals surface area (Å²) in [6, 6.07) is 0.320. The SMILES string of the molecule is CCC(C)N(C)CCNC(=O)NCC(C)CCC(=O)O. The van der Waals surface area contributed by atoms with Crippen LogP contribution in [0.4, 0.5) is 4.79 Å².